The highest BCUT2D eigenvalue weighted by Crippen LogP contribution is 1.40. The maximum Gasteiger partial charge on any atom is 0.482 e. The average Bonchev–Trinajstić information content (AvgIpc) is 1.27. The maximum atomic E-state index is 9.19. The van der Waals surface area contributed by atoms with Crippen molar-refractivity contribution in [2.45, 2.75) is 0 Å². The van der Waals surface area contributed by atoms with E-state index in [2.05, 4.69) is 10.3 Å². The molecule has 0 aromatic heterocycles. The smallest absolute Gasteiger partial charge is 0.429 e. The first-order valence-corrected chi connectivity index (χ1v) is 2.93. The van der Waals surface area contributed by atoms with Crippen LogP contribution in [0.3, 0.4) is 0 Å². The first kappa shape index (κ1) is 10.8. The first-order chi connectivity index (χ1) is 3.41. The van der Waals surface area contributed by atoms with Gasteiger partial charge in [-0.2, -0.15) is 8.42 Å². The highest BCUT2D eigenvalue weighted by atomic mass is 32.2. The predicted molar refractivity (Wildman–Crippen MR) is 27.5 cm³/mol. The van der Waals surface area contributed by atoms with Crippen molar-refractivity contribution < 1.29 is 18.5 Å². The molecule has 0 saturated heterocycles. The third-order valence-corrected chi connectivity index (χ3v) is 0. The van der Waals surface area contributed by atoms with E-state index >= 15 is 0 Å². The molecule has 8 heavy (non-hydrogen) atoms. The largest absolute Gasteiger partial charge is 0.482 e. The molecule has 6 N–H and O–H groups in total. The quantitative estimate of drug-likeness (QED) is 0.263. The van der Waals surface area contributed by atoms with Crippen molar-refractivity contribution in [3.63, 3.8) is 0 Å². The van der Waals surface area contributed by atoms with Gasteiger partial charge in [-0.3, -0.25) is 0 Å². The molecule has 0 aliphatic carbocycles. The van der Waals surface area contributed by atoms with Crippen molar-refractivity contribution in [3.8, 4) is 0 Å². The maximum absolute atomic E-state index is 9.19. The lowest BCUT2D eigenvalue weighted by molar-refractivity contribution is 0.448. The summed E-state index contributed by atoms with van der Waals surface area (Å²) < 4.78 is 18.4. The van der Waals surface area contributed by atoms with E-state index in [-0.39, 0.29) is 7.69 Å². The summed E-state index contributed by atoms with van der Waals surface area (Å²) in [5, 5.41) is 22.2. The molecule has 0 aliphatic rings. The Bertz CT molecular complexity index is 108. The van der Waals surface area contributed by atoms with Gasteiger partial charge in [-0.25, -0.2) is 10.3 Å². The Morgan fingerprint density at radius 2 is 1.25 bits per heavy atom. The van der Waals surface area contributed by atoms with Gasteiger partial charge in [0.1, 0.15) is 0 Å². The van der Waals surface area contributed by atoms with Gasteiger partial charge in [-0.1, -0.05) is 0 Å². The minimum Gasteiger partial charge on any atom is -0.429 e. The Labute approximate surface area is 47.6 Å². The van der Waals surface area contributed by atoms with Gasteiger partial charge in [0, 0.05) is 0 Å². The SMILES string of the molecule is NS(N)(=O)=O.O[B]O. The fourth-order valence-electron chi connectivity index (χ4n) is 0. The fraction of sp³-hybridized carbons (Fsp3) is 0. The van der Waals surface area contributed by atoms with Crippen LogP contribution in [-0.2, 0) is 10.2 Å². The van der Waals surface area contributed by atoms with E-state index in [1.165, 1.54) is 0 Å². The van der Waals surface area contributed by atoms with E-state index < -0.39 is 10.2 Å². The summed E-state index contributed by atoms with van der Waals surface area (Å²) in [6, 6.07) is 0. The molecule has 0 aromatic rings. The second kappa shape index (κ2) is 5.00. The van der Waals surface area contributed by atoms with Crippen molar-refractivity contribution in [2.75, 3.05) is 0 Å². The Kier molecular flexibility index (Phi) is 6.73. The summed E-state index contributed by atoms with van der Waals surface area (Å²) in [5.41, 5.74) is 0. The minimum absolute atomic E-state index is 0. The molecular formula is H6BN2O4S. The average molecular weight is 141 g/mol. The lowest BCUT2D eigenvalue weighted by Crippen LogP contribution is -2.21. The van der Waals surface area contributed by atoms with E-state index in [0.717, 1.165) is 0 Å². The van der Waals surface area contributed by atoms with Crippen LogP contribution in [0.2, 0.25) is 0 Å². The highest BCUT2D eigenvalue weighted by molar-refractivity contribution is 7.86. The normalized spacial score (nSPS) is 9.00. The van der Waals surface area contributed by atoms with Crippen LogP contribution in [-0.4, -0.2) is 26.2 Å². The van der Waals surface area contributed by atoms with Crippen molar-refractivity contribution in [3.05, 3.63) is 0 Å². The number of nitrogens with two attached hydrogens (primary N) is 2. The summed E-state index contributed by atoms with van der Waals surface area (Å²) >= 11 is 0. The molecule has 1 radical (unpaired) electrons. The third-order valence-electron chi connectivity index (χ3n) is 0. The molecule has 0 saturated carbocycles. The van der Waals surface area contributed by atoms with Crippen molar-refractivity contribution in [2.24, 2.45) is 10.3 Å². The first-order valence-electron chi connectivity index (χ1n) is 1.32. The van der Waals surface area contributed by atoms with Crippen LogP contribution < -0.4 is 10.3 Å². The lowest BCUT2D eigenvalue weighted by Gasteiger charge is -1.72. The molecule has 0 amide bonds. The van der Waals surface area contributed by atoms with Crippen LogP contribution in [0.25, 0.3) is 0 Å². The van der Waals surface area contributed by atoms with Gasteiger partial charge < -0.3 is 10.0 Å². The molecule has 0 spiro atoms. The van der Waals surface area contributed by atoms with Gasteiger partial charge >= 0.3 is 7.69 Å². The second-order valence-electron chi connectivity index (χ2n) is 0.704. The summed E-state index contributed by atoms with van der Waals surface area (Å²) in [6.45, 7) is 0. The van der Waals surface area contributed by atoms with Gasteiger partial charge in [0.25, 0.3) is 10.2 Å². The van der Waals surface area contributed by atoms with Gasteiger partial charge in [-0.15, -0.1) is 0 Å². The van der Waals surface area contributed by atoms with Gasteiger partial charge in [0.05, 0.1) is 0 Å². The molecule has 0 atom stereocenters. The fourth-order valence-corrected chi connectivity index (χ4v) is 0. The van der Waals surface area contributed by atoms with Crippen molar-refractivity contribution in [1.82, 2.24) is 0 Å². The zero-order valence-corrected chi connectivity index (χ0v) is 4.67. The van der Waals surface area contributed by atoms with E-state index in [1.54, 1.807) is 0 Å². The van der Waals surface area contributed by atoms with Gasteiger partial charge in [-0.05, 0) is 0 Å². The standard InChI is InChI=1S/BH2O2.H4N2O2S/c2-1-3;1-5(2,3)4/h2-3H;(H4,1,2,3,4). The minimum atomic E-state index is -3.67. The van der Waals surface area contributed by atoms with Crippen LogP contribution in [0, 0.1) is 0 Å². The molecule has 0 aliphatic heterocycles. The van der Waals surface area contributed by atoms with Crippen molar-refractivity contribution in [1.29, 1.82) is 0 Å². The molecule has 8 heteroatoms. The molecule has 0 fully saturated rings. The highest BCUT2D eigenvalue weighted by Gasteiger charge is 1.78. The molecule has 0 unspecified atom stereocenters. The molecule has 49 valence electrons. The Hall–Kier alpha value is -0.145. The molecular weight excluding hydrogens is 135 g/mol. The lowest BCUT2D eigenvalue weighted by atomic mass is 10.5. The van der Waals surface area contributed by atoms with Gasteiger partial charge in [0.15, 0.2) is 0 Å². The molecule has 0 bridgehead atoms. The molecule has 0 aromatic carbocycles. The summed E-state index contributed by atoms with van der Waals surface area (Å²) in [5.74, 6) is 0. The zero-order chi connectivity index (χ0) is 7.21. The number of hydrogen-bond donors (Lipinski definition) is 4. The topological polar surface area (TPSA) is 127 Å². The van der Waals surface area contributed by atoms with Crippen LogP contribution in [0.1, 0.15) is 0 Å². The Balaban J connectivity index is 0. The van der Waals surface area contributed by atoms with E-state index in [0.29, 0.717) is 0 Å². The van der Waals surface area contributed by atoms with Crippen LogP contribution in [0.5, 0.6) is 0 Å². The Morgan fingerprint density at radius 1 is 1.25 bits per heavy atom. The summed E-state index contributed by atoms with van der Waals surface area (Å²) in [6.07, 6.45) is 0. The predicted octanol–water partition coefficient (Wildman–Crippen LogP) is -3.35. The summed E-state index contributed by atoms with van der Waals surface area (Å²) in [7, 11) is -3.67. The number of hydrogen-bond acceptors (Lipinski definition) is 4. The third kappa shape index (κ3) is 6560. The van der Waals surface area contributed by atoms with Gasteiger partial charge in [0.2, 0.25) is 0 Å². The van der Waals surface area contributed by atoms with E-state index in [1.807, 2.05) is 0 Å². The van der Waals surface area contributed by atoms with Crippen molar-refractivity contribution >= 4 is 17.9 Å². The monoisotopic (exact) mass is 141 g/mol. The van der Waals surface area contributed by atoms with E-state index in [9.17, 15) is 8.42 Å². The number of rotatable bonds is 0. The second-order valence-corrected chi connectivity index (χ2v) is 1.88. The molecule has 0 rings (SSSR count). The Morgan fingerprint density at radius 3 is 1.25 bits per heavy atom. The van der Waals surface area contributed by atoms with Crippen LogP contribution in [0.15, 0.2) is 0 Å². The van der Waals surface area contributed by atoms with Crippen LogP contribution >= 0.6 is 0 Å². The summed E-state index contributed by atoms with van der Waals surface area (Å²) in [4.78, 5) is 0. The zero-order valence-electron chi connectivity index (χ0n) is 3.85. The molecule has 6 nitrogen and oxygen atoms in total. The molecule has 0 heterocycles. The van der Waals surface area contributed by atoms with E-state index in [4.69, 9.17) is 10.0 Å². The van der Waals surface area contributed by atoms with Crippen LogP contribution in [0.4, 0.5) is 0 Å².